The van der Waals surface area contributed by atoms with Crippen molar-refractivity contribution >= 4 is 44.6 Å². The zero-order valence-electron chi connectivity index (χ0n) is 14.1. The Labute approximate surface area is 158 Å². The second-order valence-corrected chi connectivity index (χ2v) is 8.37. The molecule has 1 aromatic carbocycles. The van der Waals surface area contributed by atoms with Crippen LogP contribution in [0.3, 0.4) is 0 Å². The van der Waals surface area contributed by atoms with E-state index in [0.717, 1.165) is 0 Å². The predicted molar refractivity (Wildman–Crippen MR) is 102 cm³/mol. The second kappa shape index (κ2) is 9.11. The summed E-state index contributed by atoms with van der Waals surface area (Å²) in [7, 11) is -2.00. The van der Waals surface area contributed by atoms with Gasteiger partial charge in [0.25, 0.3) is 0 Å². The molecule has 1 aliphatic rings. The number of nitrogens with zero attached hydrogens (tertiary/aromatic N) is 1. The highest BCUT2D eigenvalue weighted by Crippen LogP contribution is 2.27. The molecule has 1 heterocycles. The molecular formula is C15H22ClN3O4S2. The molecule has 0 spiro atoms. The molecule has 0 amide bonds. The van der Waals surface area contributed by atoms with E-state index in [2.05, 4.69) is 10.6 Å². The summed E-state index contributed by atoms with van der Waals surface area (Å²) >= 11 is 11.4. The number of morpholine rings is 1. The number of hydrogen-bond acceptors (Lipinski definition) is 5. The predicted octanol–water partition coefficient (Wildman–Crippen LogP) is 1.68. The lowest BCUT2D eigenvalue weighted by molar-refractivity contribution is 0.0730. The first kappa shape index (κ1) is 20.3. The van der Waals surface area contributed by atoms with E-state index < -0.39 is 10.0 Å². The van der Waals surface area contributed by atoms with Gasteiger partial charge >= 0.3 is 0 Å². The lowest BCUT2D eigenvalue weighted by atomic mass is 10.3. The highest BCUT2D eigenvalue weighted by atomic mass is 35.5. The molecule has 0 radical (unpaired) electrons. The minimum absolute atomic E-state index is 0.00374. The molecule has 0 aromatic heterocycles. The minimum atomic E-state index is -3.60. The number of rotatable bonds is 6. The Morgan fingerprint density at radius 1 is 1.44 bits per heavy atom. The molecule has 1 aliphatic heterocycles. The van der Waals surface area contributed by atoms with Gasteiger partial charge in [0.05, 0.1) is 35.4 Å². The van der Waals surface area contributed by atoms with Crippen LogP contribution in [0.2, 0.25) is 5.02 Å². The first-order valence-electron chi connectivity index (χ1n) is 7.78. The van der Waals surface area contributed by atoms with Crippen LogP contribution < -0.4 is 10.6 Å². The highest BCUT2D eigenvalue weighted by molar-refractivity contribution is 7.89. The number of methoxy groups -OCH3 is 1. The van der Waals surface area contributed by atoms with Crippen molar-refractivity contribution in [3.05, 3.63) is 23.2 Å². The van der Waals surface area contributed by atoms with Gasteiger partial charge in [-0.1, -0.05) is 11.6 Å². The van der Waals surface area contributed by atoms with E-state index in [1.165, 1.54) is 16.4 Å². The second-order valence-electron chi connectivity index (χ2n) is 5.61. The van der Waals surface area contributed by atoms with Crippen molar-refractivity contribution in [2.24, 2.45) is 0 Å². The lowest BCUT2D eigenvalue weighted by Crippen LogP contribution is -2.40. The average Bonchev–Trinajstić information content (AvgIpc) is 2.57. The van der Waals surface area contributed by atoms with Gasteiger partial charge in [-0.25, -0.2) is 8.42 Å². The van der Waals surface area contributed by atoms with Crippen LogP contribution in [0.4, 0.5) is 5.69 Å². The number of nitrogens with one attached hydrogen (secondary N) is 2. The number of sulfonamides is 1. The Morgan fingerprint density at radius 3 is 2.76 bits per heavy atom. The normalized spacial score (nSPS) is 17.1. The van der Waals surface area contributed by atoms with Crippen molar-refractivity contribution in [2.75, 3.05) is 45.3 Å². The van der Waals surface area contributed by atoms with Gasteiger partial charge in [0.2, 0.25) is 10.0 Å². The number of anilines is 1. The Balaban J connectivity index is 2.15. The lowest BCUT2D eigenvalue weighted by Gasteiger charge is -2.26. The fraction of sp³-hybridized carbons (Fsp3) is 0.533. The fourth-order valence-electron chi connectivity index (χ4n) is 2.37. The standard InChI is InChI=1S/C15H22ClN3O4S2/c1-11(10-22-2)17-15(24)18-14-9-12(3-4-13(14)16)25(20,21)19-5-7-23-8-6-19/h3-4,9,11H,5-8,10H2,1-2H3,(H2,17,18,24)/t11-/m1/s1. The van der Waals surface area contributed by atoms with Crippen molar-refractivity contribution < 1.29 is 17.9 Å². The molecule has 1 aromatic rings. The summed E-state index contributed by atoms with van der Waals surface area (Å²) in [4.78, 5) is 0.161. The van der Waals surface area contributed by atoms with E-state index in [1.54, 1.807) is 13.2 Å². The number of ether oxygens (including phenoxy) is 2. The van der Waals surface area contributed by atoms with Gasteiger partial charge < -0.3 is 20.1 Å². The molecule has 7 nitrogen and oxygen atoms in total. The Bertz CT molecular complexity index is 709. The van der Waals surface area contributed by atoms with E-state index in [4.69, 9.17) is 33.3 Å². The van der Waals surface area contributed by atoms with Crippen LogP contribution in [-0.4, -0.2) is 63.9 Å². The maximum Gasteiger partial charge on any atom is 0.243 e. The zero-order valence-corrected chi connectivity index (χ0v) is 16.5. The van der Waals surface area contributed by atoms with E-state index in [0.29, 0.717) is 48.7 Å². The van der Waals surface area contributed by atoms with Crippen molar-refractivity contribution in [3.8, 4) is 0 Å². The van der Waals surface area contributed by atoms with Gasteiger partial charge in [-0.2, -0.15) is 4.31 Å². The molecular weight excluding hydrogens is 386 g/mol. The maximum atomic E-state index is 12.7. The number of benzene rings is 1. The van der Waals surface area contributed by atoms with Crippen molar-refractivity contribution in [1.29, 1.82) is 0 Å². The smallest absolute Gasteiger partial charge is 0.243 e. The van der Waals surface area contributed by atoms with Crippen LogP contribution in [0.5, 0.6) is 0 Å². The van der Waals surface area contributed by atoms with E-state index in [9.17, 15) is 8.42 Å². The van der Waals surface area contributed by atoms with Crippen molar-refractivity contribution in [3.63, 3.8) is 0 Å². The third kappa shape index (κ3) is 5.50. The summed E-state index contributed by atoms with van der Waals surface area (Å²) in [5.41, 5.74) is 0.429. The molecule has 0 unspecified atom stereocenters. The number of hydrogen-bond donors (Lipinski definition) is 2. The Hall–Kier alpha value is -0.970. The summed E-state index contributed by atoms with van der Waals surface area (Å²) in [6.07, 6.45) is 0. The summed E-state index contributed by atoms with van der Waals surface area (Å²) in [5, 5.41) is 6.70. The van der Waals surface area contributed by atoms with Crippen LogP contribution in [0.15, 0.2) is 23.1 Å². The SMILES string of the molecule is COC[C@@H](C)NC(=S)Nc1cc(S(=O)(=O)N2CCOCC2)ccc1Cl. The topological polar surface area (TPSA) is 79.9 Å². The molecule has 1 fully saturated rings. The molecule has 0 aliphatic carbocycles. The van der Waals surface area contributed by atoms with Crippen molar-refractivity contribution in [1.82, 2.24) is 9.62 Å². The van der Waals surface area contributed by atoms with E-state index in [1.807, 2.05) is 6.92 Å². The maximum absolute atomic E-state index is 12.7. The monoisotopic (exact) mass is 407 g/mol. The van der Waals surface area contributed by atoms with Crippen LogP contribution in [0.25, 0.3) is 0 Å². The largest absolute Gasteiger partial charge is 0.383 e. The van der Waals surface area contributed by atoms with Crippen LogP contribution >= 0.6 is 23.8 Å². The molecule has 1 saturated heterocycles. The molecule has 1 atom stereocenters. The highest BCUT2D eigenvalue weighted by Gasteiger charge is 2.27. The molecule has 2 rings (SSSR count). The first-order valence-corrected chi connectivity index (χ1v) is 10.0. The van der Waals surface area contributed by atoms with Gasteiger partial charge in [0.1, 0.15) is 0 Å². The fourth-order valence-corrected chi connectivity index (χ4v) is 4.28. The summed E-state index contributed by atoms with van der Waals surface area (Å²) < 4.78 is 37.1. The van der Waals surface area contributed by atoms with E-state index >= 15 is 0 Å². The number of halogens is 1. The molecule has 0 bridgehead atoms. The third-order valence-corrected chi connectivity index (χ3v) is 6.03. The minimum Gasteiger partial charge on any atom is -0.383 e. The van der Waals surface area contributed by atoms with Gasteiger partial charge in [-0.15, -0.1) is 0 Å². The third-order valence-electron chi connectivity index (χ3n) is 3.59. The van der Waals surface area contributed by atoms with Crippen LogP contribution in [0, 0.1) is 0 Å². The van der Waals surface area contributed by atoms with Gasteiger partial charge in [-0.3, -0.25) is 0 Å². The van der Waals surface area contributed by atoms with E-state index in [-0.39, 0.29) is 10.9 Å². The number of thiocarbonyl (C=S) groups is 1. The molecule has 140 valence electrons. The quantitative estimate of drug-likeness (QED) is 0.694. The molecule has 0 saturated carbocycles. The van der Waals surface area contributed by atoms with Crippen molar-refractivity contribution in [2.45, 2.75) is 17.9 Å². The van der Waals surface area contributed by atoms with Gasteiger partial charge in [0, 0.05) is 26.2 Å². The summed E-state index contributed by atoms with van der Waals surface area (Å²) in [6.45, 7) is 3.86. The molecule has 2 N–H and O–H groups in total. The van der Waals surface area contributed by atoms with Crippen LogP contribution in [-0.2, 0) is 19.5 Å². The van der Waals surface area contributed by atoms with Crippen LogP contribution in [0.1, 0.15) is 6.92 Å². The first-order chi connectivity index (χ1) is 11.8. The van der Waals surface area contributed by atoms with Gasteiger partial charge in [-0.05, 0) is 37.3 Å². The Morgan fingerprint density at radius 2 is 2.12 bits per heavy atom. The Kier molecular flexibility index (Phi) is 7.41. The zero-order chi connectivity index (χ0) is 18.4. The van der Waals surface area contributed by atoms with Gasteiger partial charge in [0.15, 0.2) is 5.11 Å². The summed E-state index contributed by atoms with van der Waals surface area (Å²) in [6, 6.07) is 4.52. The average molecular weight is 408 g/mol. The summed E-state index contributed by atoms with van der Waals surface area (Å²) in [5.74, 6) is 0. The molecule has 10 heteroatoms. The molecule has 25 heavy (non-hydrogen) atoms.